The topological polar surface area (TPSA) is 46.2 Å². The highest BCUT2D eigenvalue weighted by Gasteiger charge is 2.19. The molecule has 0 radical (unpaired) electrons. The summed E-state index contributed by atoms with van der Waals surface area (Å²) in [5, 5.41) is 2.81. The Morgan fingerprint density at radius 1 is 0.900 bits per heavy atom. The normalized spacial score (nSPS) is 10.3. The van der Waals surface area contributed by atoms with E-state index in [-0.39, 0.29) is 12.5 Å². The standard InChI is InChI=1S/C17H17NO2/c1-2-15(19)17(20)18-16(13-9-5-3-6-10-13)14-11-7-4-8-12-14/h3-12,16H,2H2,1H3,(H,18,20). The Bertz CT molecular complexity index is 539. The molecule has 1 N–H and O–H groups in total. The van der Waals surface area contributed by atoms with Gasteiger partial charge < -0.3 is 5.32 Å². The molecule has 0 spiro atoms. The molecule has 2 rings (SSSR count). The fraction of sp³-hybridized carbons (Fsp3) is 0.176. The van der Waals surface area contributed by atoms with Gasteiger partial charge >= 0.3 is 0 Å². The van der Waals surface area contributed by atoms with Gasteiger partial charge in [-0.3, -0.25) is 9.59 Å². The van der Waals surface area contributed by atoms with Crippen LogP contribution in [-0.4, -0.2) is 11.7 Å². The van der Waals surface area contributed by atoms with Crippen LogP contribution in [0.5, 0.6) is 0 Å². The van der Waals surface area contributed by atoms with Gasteiger partial charge in [0.1, 0.15) is 0 Å². The number of hydrogen-bond acceptors (Lipinski definition) is 2. The van der Waals surface area contributed by atoms with Crippen molar-refractivity contribution < 1.29 is 9.59 Å². The summed E-state index contributed by atoms with van der Waals surface area (Å²) in [5.41, 5.74) is 1.91. The number of carbonyl (C=O) groups is 2. The lowest BCUT2D eigenvalue weighted by Gasteiger charge is -2.19. The largest absolute Gasteiger partial charge is 0.339 e. The second-order valence-corrected chi connectivity index (χ2v) is 4.50. The molecule has 2 aromatic rings. The number of carbonyl (C=O) groups excluding carboxylic acids is 2. The smallest absolute Gasteiger partial charge is 0.288 e. The van der Waals surface area contributed by atoms with E-state index in [1.165, 1.54) is 0 Å². The van der Waals surface area contributed by atoms with Crippen LogP contribution >= 0.6 is 0 Å². The molecular weight excluding hydrogens is 250 g/mol. The van der Waals surface area contributed by atoms with E-state index in [1.54, 1.807) is 6.92 Å². The minimum atomic E-state index is -0.537. The molecule has 3 heteroatoms. The summed E-state index contributed by atoms with van der Waals surface area (Å²) >= 11 is 0. The first-order valence-corrected chi connectivity index (χ1v) is 6.66. The predicted molar refractivity (Wildman–Crippen MR) is 78.2 cm³/mol. The summed E-state index contributed by atoms with van der Waals surface area (Å²) in [6, 6.07) is 19.0. The van der Waals surface area contributed by atoms with E-state index in [2.05, 4.69) is 5.32 Å². The lowest BCUT2D eigenvalue weighted by Crippen LogP contribution is -2.34. The third-order valence-electron chi connectivity index (χ3n) is 3.12. The summed E-state index contributed by atoms with van der Waals surface area (Å²) in [6.07, 6.45) is 0.210. The van der Waals surface area contributed by atoms with Crippen molar-refractivity contribution in [2.75, 3.05) is 0 Å². The number of ketones is 1. The van der Waals surface area contributed by atoms with Gasteiger partial charge in [-0.15, -0.1) is 0 Å². The van der Waals surface area contributed by atoms with Crippen LogP contribution in [0.4, 0.5) is 0 Å². The molecule has 0 bridgehead atoms. The fourth-order valence-electron chi connectivity index (χ4n) is 2.02. The molecule has 102 valence electrons. The van der Waals surface area contributed by atoms with Crippen molar-refractivity contribution in [2.24, 2.45) is 0 Å². The van der Waals surface area contributed by atoms with Crippen LogP contribution in [0.2, 0.25) is 0 Å². The van der Waals surface area contributed by atoms with Gasteiger partial charge in [0.15, 0.2) is 0 Å². The van der Waals surface area contributed by atoms with E-state index >= 15 is 0 Å². The molecule has 0 fully saturated rings. The molecule has 0 aliphatic rings. The third-order valence-corrected chi connectivity index (χ3v) is 3.12. The van der Waals surface area contributed by atoms with E-state index < -0.39 is 11.7 Å². The van der Waals surface area contributed by atoms with Crippen LogP contribution < -0.4 is 5.32 Å². The minimum Gasteiger partial charge on any atom is -0.339 e. The number of rotatable bonds is 5. The molecule has 0 saturated carbocycles. The van der Waals surface area contributed by atoms with Crippen molar-refractivity contribution >= 4 is 11.7 Å². The van der Waals surface area contributed by atoms with Crippen LogP contribution in [0.15, 0.2) is 60.7 Å². The quantitative estimate of drug-likeness (QED) is 0.847. The lowest BCUT2D eigenvalue weighted by molar-refractivity contribution is -0.138. The molecule has 0 saturated heterocycles. The van der Waals surface area contributed by atoms with E-state index in [4.69, 9.17) is 0 Å². The molecule has 0 heterocycles. The van der Waals surface area contributed by atoms with Crippen LogP contribution in [0.25, 0.3) is 0 Å². The molecule has 1 amide bonds. The highest BCUT2D eigenvalue weighted by molar-refractivity contribution is 6.36. The van der Waals surface area contributed by atoms with Gasteiger partial charge in [-0.05, 0) is 11.1 Å². The first kappa shape index (κ1) is 14.0. The average molecular weight is 267 g/mol. The maximum absolute atomic E-state index is 11.9. The molecular formula is C17H17NO2. The molecule has 2 aromatic carbocycles. The summed E-state index contributed by atoms with van der Waals surface area (Å²) < 4.78 is 0. The monoisotopic (exact) mass is 267 g/mol. The summed E-state index contributed by atoms with van der Waals surface area (Å²) in [7, 11) is 0. The number of nitrogens with one attached hydrogen (secondary N) is 1. The first-order valence-electron chi connectivity index (χ1n) is 6.66. The lowest BCUT2D eigenvalue weighted by atomic mass is 9.98. The average Bonchev–Trinajstić information content (AvgIpc) is 2.53. The van der Waals surface area contributed by atoms with Gasteiger partial charge in [-0.2, -0.15) is 0 Å². The molecule has 0 unspecified atom stereocenters. The van der Waals surface area contributed by atoms with E-state index in [0.29, 0.717) is 0 Å². The van der Waals surface area contributed by atoms with Gasteiger partial charge in [0.2, 0.25) is 5.78 Å². The van der Waals surface area contributed by atoms with Crippen molar-refractivity contribution in [1.29, 1.82) is 0 Å². The summed E-state index contributed by atoms with van der Waals surface area (Å²) in [5.74, 6) is -0.938. The molecule has 0 aliphatic heterocycles. The number of benzene rings is 2. The first-order chi connectivity index (χ1) is 9.72. The van der Waals surface area contributed by atoms with Gasteiger partial charge in [0, 0.05) is 6.42 Å². The van der Waals surface area contributed by atoms with Crippen LogP contribution in [-0.2, 0) is 9.59 Å². The molecule has 0 aromatic heterocycles. The Balaban J connectivity index is 2.31. The van der Waals surface area contributed by atoms with Crippen molar-refractivity contribution in [3.8, 4) is 0 Å². The molecule has 0 aliphatic carbocycles. The number of Topliss-reactive ketones (excluding diaryl/α,β-unsaturated/α-hetero) is 1. The Kier molecular flexibility index (Phi) is 4.66. The van der Waals surface area contributed by atoms with Gasteiger partial charge in [0.05, 0.1) is 6.04 Å². The zero-order valence-electron chi connectivity index (χ0n) is 11.4. The SMILES string of the molecule is CCC(=O)C(=O)NC(c1ccccc1)c1ccccc1. The molecule has 0 atom stereocenters. The van der Waals surface area contributed by atoms with Crippen molar-refractivity contribution in [3.05, 3.63) is 71.8 Å². The maximum atomic E-state index is 11.9. The Hall–Kier alpha value is -2.42. The van der Waals surface area contributed by atoms with Crippen molar-refractivity contribution in [2.45, 2.75) is 19.4 Å². The van der Waals surface area contributed by atoms with Gasteiger partial charge in [-0.1, -0.05) is 67.6 Å². The highest BCUT2D eigenvalue weighted by atomic mass is 16.2. The third kappa shape index (κ3) is 3.32. The Morgan fingerprint density at radius 2 is 1.35 bits per heavy atom. The van der Waals surface area contributed by atoms with E-state index in [9.17, 15) is 9.59 Å². The fourth-order valence-corrected chi connectivity index (χ4v) is 2.02. The van der Waals surface area contributed by atoms with Crippen molar-refractivity contribution in [1.82, 2.24) is 5.32 Å². The maximum Gasteiger partial charge on any atom is 0.288 e. The Labute approximate surface area is 118 Å². The van der Waals surface area contributed by atoms with Crippen molar-refractivity contribution in [3.63, 3.8) is 0 Å². The van der Waals surface area contributed by atoms with Crippen LogP contribution in [0.1, 0.15) is 30.5 Å². The Morgan fingerprint density at radius 3 is 1.75 bits per heavy atom. The van der Waals surface area contributed by atoms with E-state index in [0.717, 1.165) is 11.1 Å². The summed E-state index contributed by atoms with van der Waals surface area (Å²) in [6.45, 7) is 1.68. The zero-order chi connectivity index (χ0) is 14.4. The number of amides is 1. The predicted octanol–water partition coefficient (Wildman–Crippen LogP) is 2.87. The minimum absolute atomic E-state index is 0.210. The second kappa shape index (κ2) is 6.66. The molecule has 3 nitrogen and oxygen atoms in total. The van der Waals surface area contributed by atoms with E-state index in [1.807, 2.05) is 60.7 Å². The molecule has 20 heavy (non-hydrogen) atoms. The van der Waals surface area contributed by atoms with Gasteiger partial charge in [0.25, 0.3) is 5.91 Å². The number of hydrogen-bond donors (Lipinski definition) is 1. The van der Waals surface area contributed by atoms with Gasteiger partial charge in [-0.25, -0.2) is 0 Å². The van der Waals surface area contributed by atoms with Crippen LogP contribution in [0, 0.1) is 0 Å². The second-order valence-electron chi connectivity index (χ2n) is 4.50. The zero-order valence-corrected chi connectivity index (χ0v) is 11.4. The highest BCUT2D eigenvalue weighted by Crippen LogP contribution is 2.21. The summed E-state index contributed by atoms with van der Waals surface area (Å²) in [4.78, 5) is 23.4. The van der Waals surface area contributed by atoms with Crippen LogP contribution in [0.3, 0.4) is 0 Å².